The van der Waals surface area contributed by atoms with Crippen LogP contribution in [0.1, 0.15) is 116 Å². The van der Waals surface area contributed by atoms with Crippen LogP contribution in [0.15, 0.2) is 0 Å². The second-order valence-electron chi connectivity index (χ2n) is 11.8. The largest absolute Gasteiger partial charge is 0.481 e. The predicted molar refractivity (Wildman–Crippen MR) is 141 cm³/mol. The monoisotopic (exact) mass is 506 g/mol. The highest BCUT2D eigenvalue weighted by molar-refractivity contribution is 5.92. The van der Waals surface area contributed by atoms with Crippen LogP contribution >= 0.6 is 0 Å². The summed E-state index contributed by atoms with van der Waals surface area (Å²) >= 11 is 0. The molecule has 3 N–H and O–H groups in total. The topological polar surface area (TPSA) is 107 Å². The molecule has 1 atom stereocenters. The molecule has 3 aliphatic rings. The molecule has 1 unspecified atom stereocenters. The molecule has 0 aromatic carbocycles. The van der Waals surface area contributed by atoms with Gasteiger partial charge < -0.3 is 20.4 Å². The van der Waals surface area contributed by atoms with Gasteiger partial charge in [-0.2, -0.15) is 0 Å². The lowest BCUT2D eigenvalue weighted by Gasteiger charge is -2.52. The van der Waals surface area contributed by atoms with Gasteiger partial charge in [-0.05, 0) is 82.7 Å². The lowest BCUT2D eigenvalue weighted by molar-refractivity contribution is -0.156. The number of rotatable bonds is 16. The van der Waals surface area contributed by atoms with Crippen LogP contribution in [0.25, 0.3) is 0 Å². The Kier molecular flexibility index (Phi) is 12.0. The molecule has 206 valence electrons. The Morgan fingerprint density at radius 2 is 1.39 bits per heavy atom. The number of amides is 1. The van der Waals surface area contributed by atoms with E-state index in [-0.39, 0.29) is 6.42 Å². The van der Waals surface area contributed by atoms with Gasteiger partial charge in [0.1, 0.15) is 0 Å². The molecule has 1 aliphatic heterocycles. The minimum Gasteiger partial charge on any atom is -0.481 e. The van der Waals surface area contributed by atoms with E-state index in [2.05, 4.69) is 10.2 Å². The fourth-order valence-corrected chi connectivity index (χ4v) is 7.12. The van der Waals surface area contributed by atoms with Gasteiger partial charge in [-0.1, -0.05) is 57.8 Å². The highest BCUT2D eigenvalue weighted by atomic mass is 16.4. The highest BCUT2D eigenvalue weighted by Crippen LogP contribution is 2.43. The van der Waals surface area contributed by atoms with E-state index in [9.17, 15) is 14.4 Å². The normalized spacial score (nSPS) is 28.8. The third kappa shape index (κ3) is 8.46. The molecule has 7 nitrogen and oxygen atoms in total. The molecular formula is C29H50N2O5. The standard InChI is InChI=1S/C29H50N2O5/c1-30-19-7-3-2-4-8-22-13-17-24(18-14-22)31-26(20-27(31)32)23-15-11-21(12-16-23)9-5-6-10-25(28(33)34)29(35)36/h21-26,30H,2-20H2,1H3,(H,33,34)(H,35,36). The van der Waals surface area contributed by atoms with Crippen LogP contribution in [0.3, 0.4) is 0 Å². The summed E-state index contributed by atoms with van der Waals surface area (Å²) in [6, 6.07) is 0.927. The quantitative estimate of drug-likeness (QED) is 0.146. The minimum atomic E-state index is -1.27. The molecule has 0 bridgehead atoms. The van der Waals surface area contributed by atoms with E-state index in [1.165, 1.54) is 83.5 Å². The molecule has 0 aromatic heterocycles. The SMILES string of the molecule is CNCCCCCCC1CCC(N2C(=O)CC2C2CCC(CCCCC(C(=O)O)C(=O)O)CC2)CC1. The first-order valence-electron chi connectivity index (χ1n) is 14.8. The first kappa shape index (κ1) is 28.9. The number of carbonyl (C=O) groups is 3. The maximum Gasteiger partial charge on any atom is 0.317 e. The van der Waals surface area contributed by atoms with Crippen molar-refractivity contribution in [3.05, 3.63) is 0 Å². The number of likely N-dealkylation sites (tertiary alicyclic amines) is 1. The smallest absolute Gasteiger partial charge is 0.317 e. The lowest BCUT2D eigenvalue weighted by atomic mass is 9.72. The number of nitrogens with zero attached hydrogens (tertiary/aromatic N) is 1. The second kappa shape index (κ2) is 14.9. The number of carboxylic acids is 2. The highest BCUT2D eigenvalue weighted by Gasteiger charge is 2.46. The minimum absolute atomic E-state index is 0.220. The average Bonchev–Trinajstić information content (AvgIpc) is 2.85. The van der Waals surface area contributed by atoms with Crippen LogP contribution in [0.2, 0.25) is 0 Å². The van der Waals surface area contributed by atoms with Gasteiger partial charge in [-0.15, -0.1) is 0 Å². The Balaban J connectivity index is 1.30. The molecule has 7 heteroatoms. The molecule has 1 saturated heterocycles. The van der Waals surface area contributed by atoms with Crippen LogP contribution in [-0.2, 0) is 14.4 Å². The van der Waals surface area contributed by atoms with E-state index >= 15 is 0 Å². The number of β-lactam (4-membered cyclic amide) rings is 1. The number of nitrogens with one attached hydrogen (secondary N) is 1. The molecule has 3 fully saturated rings. The number of hydrogen-bond acceptors (Lipinski definition) is 4. The third-order valence-electron chi connectivity index (χ3n) is 9.41. The molecule has 0 spiro atoms. The number of unbranched alkanes of at least 4 members (excludes halogenated alkanes) is 4. The van der Waals surface area contributed by atoms with Crippen molar-refractivity contribution < 1.29 is 24.6 Å². The molecule has 3 rings (SSSR count). The first-order valence-corrected chi connectivity index (χ1v) is 14.8. The molecule has 0 aromatic rings. The summed E-state index contributed by atoms with van der Waals surface area (Å²) in [5, 5.41) is 21.2. The third-order valence-corrected chi connectivity index (χ3v) is 9.41. The van der Waals surface area contributed by atoms with Gasteiger partial charge >= 0.3 is 11.9 Å². The van der Waals surface area contributed by atoms with Crippen molar-refractivity contribution in [2.75, 3.05) is 13.6 Å². The Hall–Kier alpha value is -1.63. The molecular weight excluding hydrogens is 456 g/mol. The fraction of sp³-hybridized carbons (Fsp3) is 0.897. The van der Waals surface area contributed by atoms with Gasteiger partial charge in [0.05, 0.1) is 0 Å². The number of carbonyl (C=O) groups excluding carboxylic acids is 1. The van der Waals surface area contributed by atoms with Crippen molar-refractivity contribution in [1.82, 2.24) is 10.2 Å². The Morgan fingerprint density at radius 1 is 0.833 bits per heavy atom. The van der Waals surface area contributed by atoms with Crippen LogP contribution in [-0.4, -0.2) is 58.6 Å². The summed E-state index contributed by atoms with van der Waals surface area (Å²) in [6.07, 6.45) is 20.0. The Morgan fingerprint density at radius 3 is 1.94 bits per heavy atom. The van der Waals surface area contributed by atoms with E-state index in [0.29, 0.717) is 36.2 Å². The molecule has 2 aliphatic carbocycles. The molecule has 1 amide bonds. The van der Waals surface area contributed by atoms with Gasteiger partial charge in [-0.3, -0.25) is 14.4 Å². The summed E-state index contributed by atoms with van der Waals surface area (Å²) in [7, 11) is 2.02. The van der Waals surface area contributed by atoms with E-state index in [1.54, 1.807) is 0 Å². The molecule has 0 radical (unpaired) electrons. The van der Waals surface area contributed by atoms with Crippen molar-refractivity contribution >= 4 is 17.8 Å². The van der Waals surface area contributed by atoms with E-state index < -0.39 is 17.9 Å². The van der Waals surface area contributed by atoms with E-state index in [4.69, 9.17) is 10.2 Å². The zero-order valence-electron chi connectivity index (χ0n) is 22.5. The van der Waals surface area contributed by atoms with Crippen LogP contribution in [0, 0.1) is 23.7 Å². The van der Waals surface area contributed by atoms with Gasteiger partial charge in [0.2, 0.25) is 5.91 Å². The van der Waals surface area contributed by atoms with Gasteiger partial charge in [0, 0.05) is 18.5 Å². The van der Waals surface area contributed by atoms with Crippen molar-refractivity contribution in [2.45, 2.75) is 128 Å². The molecule has 36 heavy (non-hydrogen) atoms. The van der Waals surface area contributed by atoms with Crippen molar-refractivity contribution in [2.24, 2.45) is 23.7 Å². The summed E-state index contributed by atoms with van der Waals surface area (Å²) in [6.45, 7) is 1.13. The lowest BCUT2D eigenvalue weighted by Crippen LogP contribution is -2.61. The molecule has 2 saturated carbocycles. The summed E-state index contributed by atoms with van der Waals surface area (Å²) < 4.78 is 0. The van der Waals surface area contributed by atoms with Crippen molar-refractivity contribution in [3.63, 3.8) is 0 Å². The van der Waals surface area contributed by atoms with Crippen LogP contribution in [0.4, 0.5) is 0 Å². The number of carboxylic acid groups (broad SMARTS) is 2. The average molecular weight is 507 g/mol. The number of aliphatic carboxylic acids is 2. The van der Waals surface area contributed by atoms with Gasteiger partial charge in [0.15, 0.2) is 5.92 Å². The maximum atomic E-state index is 12.6. The first-order chi connectivity index (χ1) is 17.4. The Bertz CT molecular complexity index is 684. The zero-order valence-corrected chi connectivity index (χ0v) is 22.5. The Labute approximate surface area is 217 Å². The maximum absolute atomic E-state index is 12.6. The van der Waals surface area contributed by atoms with Gasteiger partial charge in [-0.25, -0.2) is 0 Å². The van der Waals surface area contributed by atoms with Crippen molar-refractivity contribution in [1.29, 1.82) is 0 Å². The zero-order chi connectivity index (χ0) is 25.9. The summed E-state index contributed by atoms with van der Waals surface area (Å²) in [4.78, 5) is 36.9. The van der Waals surface area contributed by atoms with Crippen LogP contribution in [0.5, 0.6) is 0 Å². The fourth-order valence-electron chi connectivity index (χ4n) is 7.12. The second-order valence-corrected chi connectivity index (χ2v) is 11.8. The molecule has 1 heterocycles. The van der Waals surface area contributed by atoms with Crippen molar-refractivity contribution in [3.8, 4) is 0 Å². The van der Waals surface area contributed by atoms with Gasteiger partial charge in [0.25, 0.3) is 0 Å². The van der Waals surface area contributed by atoms with E-state index in [0.717, 1.165) is 31.7 Å². The van der Waals surface area contributed by atoms with E-state index in [1.807, 2.05) is 7.05 Å². The summed E-state index contributed by atoms with van der Waals surface area (Å²) in [5.41, 5.74) is 0. The summed E-state index contributed by atoms with van der Waals surface area (Å²) in [5.74, 6) is -1.20. The predicted octanol–water partition coefficient (Wildman–Crippen LogP) is 5.47. The number of hydrogen-bond donors (Lipinski definition) is 3. The van der Waals surface area contributed by atoms with Crippen LogP contribution < -0.4 is 5.32 Å².